The molecule has 0 aliphatic carbocycles. The fourth-order valence-corrected chi connectivity index (χ4v) is 4.26. The third-order valence-corrected chi connectivity index (χ3v) is 5.99. The number of likely N-dealkylation sites (tertiary alicyclic amines) is 1. The molecule has 8 heteroatoms. The predicted molar refractivity (Wildman–Crippen MR) is 125 cm³/mol. The molecule has 4 heterocycles. The number of nitrogens with zero attached hydrogens (tertiary/aromatic N) is 5. The van der Waals surface area contributed by atoms with E-state index in [2.05, 4.69) is 26.3 Å². The Morgan fingerprint density at radius 1 is 1.03 bits per heavy atom. The highest BCUT2D eigenvalue weighted by atomic mass is 16.2. The third kappa shape index (κ3) is 4.89. The number of amides is 2. The minimum atomic E-state index is -0.214. The van der Waals surface area contributed by atoms with Crippen molar-refractivity contribution in [2.24, 2.45) is 0 Å². The molecule has 1 aliphatic rings. The number of pyridine rings is 2. The first-order valence-electron chi connectivity index (χ1n) is 11.1. The molecule has 0 unspecified atom stereocenters. The van der Waals surface area contributed by atoms with Crippen molar-refractivity contribution >= 4 is 11.8 Å². The minimum Gasteiger partial charge on any atom is -0.354 e. The summed E-state index contributed by atoms with van der Waals surface area (Å²) in [6, 6.07) is 7.70. The van der Waals surface area contributed by atoms with Crippen LogP contribution in [0.4, 0.5) is 0 Å². The largest absolute Gasteiger partial charge is 0.354 e. The van der Waals surface area contributed by atoms with E-state index >= 15 is 0 Å². The second kappa shape index (κ2) is 9.44. The van der Waals surface area contributed by atoms with Gasteiger partial charge in [0.25, 0.3) is 11.8 Å². The summed E-state index contributed by atoms with van der Waals surface area (Å²) >= 11 is 0. The number of carbonyl (C=O) groups is 2. The van der Waals surface area contributed by atoms with Crippen LogP contribution in [0.5, 0.6) is 0 Å². The molecule has 0 spiro atoms. The number of hydrogen-bond acceptors (Lipinski definition) is 6. The van der Waals surface area contributed by atoms with Gasteiger partial charge in [-0.2, -0.15) is 0 Å². The summed E-state index contributed by atoms with van der Waals surface area (Å²) in [7, 11) is 1.59. The molecular formula is C25H28N6O2. The highest BCUT2D eigenvalue weighted by molar-refractivity contribution is 5.95. The normalized spacial score (nSPS) is 15.9. The minimum absolute atomic E-state index is 0.0286. The fraction of sp³-hybridized carbons (Fsp3) is 0.360. The van der Waals surface area contributed by atoms with E-state index in [-0.39, 0.29) is 17.7 Å². The fourth-order valence-electron chi connectivity index (χ4n) is 4.26. The molecule has 4 rings (SSSR count). The van der Waals surface area contributed by atoms with E-state index < -0.39 is 0 Å². The van der Waals surface area contributed by atoms with Crippen molar-refractivity contribution in [2.75, 3.05) is 20.1 Å². The number of aromatic nitrogens is 4. The predicted octanol–water partition coefficient (Wildman–Crippen LogP) is 3.24. The van der Waals surface area contributed by atoms with Crippen molar-refractivity contribution in [3.05, 3.63) is 70.8 Å². The lowest BCUT2D eigenvalue weighted by Gasteiger charge is -2.33. The number of nitrogens with one attached hydrogen (secondary N) is 1. The van der Waals surface area contributed by atoms with Gasteiger partial charge in [-0.15, -0.1) is 0 Å². The Morgan fingerprint density at radius 2 is 1.85 bits per heavy atom. The topological polar surface area (TPSA) is 101 Å². The lowest BCUT2D eigenvalue weighted by Crippen LogP contribution is -2.39. The Balaban J connectivity index is 1.57. The van der Waals surface area contributed by atoms with Crippen molar-refractivity contribution in [3.63, 3.8) is 0 Å². The van der Waals surface area contributed by atoms with Gasteiger partial charge in [0.15, 0.2) is 0 Å². The van der Waals surface area contributed by atoms with Crippen molar-refractivity contribution in [1.29, 1.82) is 0 Å². The summed E-state index contributed by atoms with van der Waals surface area (Å²) in [5.41, 5.74) is 5.44. The number of carbonyl (C=O) groups excluding carboxylic acids is 2. The van der Waals surface area contributed by atoms with Crippen LogP contribution in [0.25, 0.3) is 11.1 Å². The molecule has 1 N–H and O–H groups in total. The summed E-state index contributed by atoms with van der Waals surface area (Å²) in [6.07, 6.45) is 5.22. The second-order valence-electron chi connectivity index (χ2n) is 8.44. The molecule has 2 amide bonds. The molecule has 33 heavy (non-hydrogen) atoms. The lowest BCUT2D eigenvalue weighted by atomic mass is 9.92. The van der Waals surface area contributed by atoms with Crippen molar-refractivity contribution in [3.8, 4) is 11.1 Å². The molecule has 1 fully saturated rings. The standard InChI is InChI=1S/C25H28N6O2/c1-15-10-20(18-7-8-22(28-12-18)24(32)26-4)11-23(29-15)19-6-5-9-31(14-19)25(33)21-13-27-17(3)30-16(21)2/h7-8,10-13,19H,5-6,9,14H2,1-4H3,(H,26,32)/t19-/m1/s1. The van der Waals surface area contributed by atoms with Crippen LogP contribution >= 0.6 is 0 Å². The Labute approximate surface area is 193 Å². The Kier molecular flexibility index (Phi) is 6.44. The summed E-state index contributed by atoms with van der Waals surface area (Å²) < 4.78 is 0. The highest BCUT2D eigenvalue weighted by Gasteiger charge is 2.28. The van der Waals surface area contributed by atoms with Crippen molar-refractivity contribution in [2.45, 2.75) is 39.5 Å². The first-order chi connectivity index (χ1) is 15.9. The van der Waals surface area contributed by atoms with Crippen LogP contribution in [0.1, 0.15) is 62.5 Å². The van der Waals surface area contributed by atoms with Crippen molar-refractivity contribution in [1.82, 2.24) is 30.2 Å². The Hall–Kier alpha value is -3.68. The van der Waals surface area contributed by atoms with Gasteiger partial charge in [-0.1, -0.05) is 6.07 Å². The number of rotatable bonds is 4. The summed E-state index contributed by atoms with van der Waals surface area (Å²) in [6.45, 7) is 6.96. The van der Waals surface area contributed by atoms with Crippen LogP contribution in [0.3, 0.4) is 0 Å². The summed E-state index contributed by atoms with van der Waals surface area (Å²) in [4.78, 5) is 44.5. The van der Waals surface area contributed by atoms with Gasteiger partial charge in [0, 0.05) is 55.4 Å². The first kappa shape index (κ1) is 22.5. The van der Waals surface area contributed by atoms with E-state index in [0.29, 0.717) is 35.9 Å². The van der Waals surface area contributed by atoms with E-state index in [1.165, 1.54) is 0 Å². The van der Waals surface area contributed by atoms with Crippen molar-refractivity contribution < 1.29 is 9.59 Å². The van der Waals surface area contributed by atoms with E-state index in [0.717, 1.165) is 35.4 Å². The van der Waals surface area contributed by atoms with Gasteiger partial charge < -0.3 is 10.2 Å². The highest BCUT2D eigenvalue weighted by Crippen LogP contribution is 2.30. The van der Waals surface area contributed by atoms with E-state index in [4.69, 9.17) is 4.98 Å². The van der Waals surface area contributed by atoms with E-state index in [9.17, 15) is 9.59 Å². The van der Waals surface area contributed by atoms with Gasteiger partial charge in [0.05, 0.1) is 11.3 Å². The lowest BCUT2D eigenvalue weighted by molar-refractivity contribution is 0.0704. The van der Waals surface area contributed by atoms with Crippen LogP contribution in [-0.2, 0) is 0 Å². The molecule has 1 atom stereocenters. The van der Waals surface area contributed by atoms with Gasteiger partial charge in [-0.25, -0.2) is 9.97 Å². The van der Waals surface area contributed by atoms with Gasteiger partial charge in [0.1, 0.15) is 11.5 Å². The van der Waals surface area contributed by atoms with Crippen LogP contribution in [0, 0.1) is 20.8 Å². The monoisotopic (exact) mass is 444 g/mol. The molecule has 0 saturated carbocycles. The summed E-state index contributed by atoms with van der Waals surface area (Å²) in [5.74, 6) is 0.564. The smallest absolute Gasteiger partial charge is 0.269 e. The summed E-state index contributed by atoms with van der Waals surface area (Å²) in [5, 5.41) is 2.58. The third-order valence-electron chi connectivity index (χ3n) is 5.99. The van der Waals surface area contributed by atoms with Gasteiger partial charge in [0.2, 0.25) is 0 Å². The maximum atomic E-state index is 13.2. The van der Waals surface area contributed by atoms with Crippen LogP contribution in [0.2, 0.25) is 0 Å². The molecule has 0 aromatic carbocycles. The molecule has 0 radical (unpaired) electrons. The maximum absolute atomic E-state index is 13.2. The SMILES string of the molecule is CNC(=O)c1ccc(-c2cc(C)nc([C@@H]3CCCN(C(=O)c4cnc(C)nc4C)C3)c2)cn1. The van der Waals surface area contributed by atoms with Gasteiger partial charge in [-0.05, 0) is 57.4 Å². The average Bonchev–Trinajstić information content (AvgIpc) is 2.83. The number of piperidine rings is 1. The van der Waals surface area contributed by atoms with Crippen LogP contribution in [-0.4, -0.2) is 56.8 Å². The maximum Gasteiger partial charge on any atom is 0.269 e. The average molecular weight is 445 g/mol. The zero-order valence-electron chi connectivity index (χ0n) is 19.4. The zero-order valence-corrected chi connectivity index (χ0v) is 19.4. The van der Waals surface area contributed by atoms with E-state index in [1.54, 1.807) is 25.5 Å². The van der Waals surface area contributed by atoms with Crippen LogP contribution in [0.15, 0.2) is 36.7 Å². The second-order valence-corrected chi connectivity index (χ2v) is 8.44. The quantitative estimate of drug-likeness (QED) is 0.663. The molecule has 1 saturated heterocycles. The van der Waals surface area contributed by atoms with Gasteiger partial charge in [-0.3, -0.25) is 19.6 Å². The molecule has 3 aromatic heterocycles. The Bertz CT molecular complexity index is 1190. The molecule has 170 valence electrons. The van der Waals surface area contributed by atoms with E-state index in [1.807, 2.05) is 37.8 Å². The van der Waals surface area contributed by atoms with Gasteiger partial charge >= 0.3 is 0 Å². The number of aryl methyl sites for hydroxylation is 3. The molecule has 8 nitrogen and oxygen atoms in total. The number of hydrogen-bond donors (Lipinski definition) is 1. The first-order valence-corrected chi connectivity index (χ1v) is 11.1. The van der Waals surface area contributed by atoms with Crippen LogP contribution < -0.4 is 5.32 Å². The molecular weight excluding hydrogens is 416 g/mol. The molecule has 1 aliphatic heterocycles. The zero-order chi connectivity index (χ0) is 23.5. The molecule has 0 bridgehead atoms. The molecule has 3 aromatic rings. The Morgan fingerprint density at radius 3 is 2.55 bits per heavy atom.